The van der Waals surface area contributed by atoms with Crippen LogP contribution in [-0.2, 0) is 14.3 Å². The number of rotatable bonds is 5. The summed E-state index contributed by atoms with van der Waals surface area (Å²) in [6.45, 7) is 5.10. The van der Waals surface area contributed by atoms with Crippen molar-refractivity contribution in [1.29, 1.82) is 0 Å². The molecule has 1 aromatic heterocycles. The van der Waals surface area contributed by atoms with Crippen LogP contribution in [0.1, 0.15) is 54.4 Å². The average Bonchev–Trinajstić information content (AvgIpc) is 3.21. The van der Waals surface area contributed by atoms with E-state index < -0.39 is 36.0 Å². The number of hydrogen-bond acceptors (Lipinski definition) is 6. The summed E-state index contributed by atoms with van der Waals surface area (Å²) in [5.74, 6) is -1.50. The number of amides is 4. The molecule has 10 nitrogen and oxygen atoms in total. The van der Waals surface area contributed by atoms with Crippen LogP contribution >= 0.6 is 11.6 Å². The Bertz CT molecular complexity index is 1150. The van der Waals surface area contributed by atoms with Gasteiger partial charge in [-0.1, -0.05) is 18.5 Å². The summed E-state index contributed by atoms with van der Waals surface area (Å²) < 4.78 is 6.71. The molecule has 2 heterocycles. The predicted octanol–water partition coefficient (Wildman–Crippen LogP) is 2.83. The molecule has 0 unspecified atom stereocenters. The van der Waals surface area contributed by atoms with E-state index in [4.69, 9.17) is 16.3 Å². The largest absolute Gasteiger partial charge is 0.452 e. The first-order valence-electron chi connectivity index (χ1n) is 11.1. The molecule has 2 aliphatic rings. The molecule has 180 valence electrons. The number of carbonyl (C=O) groups is 4. The molecule has 11 heteroatoms. The van der Waals surface area contributed by atoms with Crippen LogP contribution in [0.15, 0.2) is 24.3 Å². The summed E-state index contributed by atoms with van der Waals surface area (Å²) in [6.07, 6.45) is 2.69. The van der Waals surface area contributed by atoms with E-state index in [2.05, 4.69) is 22.8 Å². The maximum absolute atomic E-state index is 12.8. The second kappa shape index (κ2) is 9.09. The van der Waals surface area contributed by atoms with Gasteiger partial charge in [0.15, 0.2) is 6.61 Å². The summed E-state index contributed by atoms with van der Waals surface area (Å²) in [4.78, 5) is 49.7. The van der Waals surface area contributed by atoms with Crippen molar-refractivity contribution >= 4 is 35.4 Å². The first kappa shape index (κ1) is 23.7. The number of nitrogens with one attached hydrogen (secondary N) is 2. The highest BCUT2D eigenvalue weighted by Gasteiger charge is 2.52. The molecule has 1 spiro atoms. The van der Waals surface area contributed by atoms with Crippen molar-refractivity contribution in [3.05, 3.63) is 46.2 Å². The van der Waals surface area contributed by atoms with Crippen molar-refractivity contribution in [2.45, 2.75) is 52.0 Å². The van der Waals surface area contributed by atoms with Gasteiger partial charge in [0.2, 0.25) is 0 Å². The van der Waals surface area contributed by atoms with E-state index in [9.17, 15) is 19.2 Å². The maximum atomic E-state index is 12.8. The van der Waals surface area contributed by atoms with Gasteiger partial charge in [0, 0.05) is 0 Å². The van der Waals surface area contributed by atoms with Crippen LogP contribution in [0.3, 0.4) is 0 Å². The summed E-state index contributed by atoms with van der Waals surface area (Å²) in [5, 5.41) is 8.33. The number of halogens is 1. The van der Waals surface area contributed by atoms with Gasteiger partial charge in [-0.05, 0) is 69.7 Å². The topological polar surface area (TPSA) is 123 Å². The molecule has 4 rings (SSSR count). The highest BCUT2D eigenvalue weighted by Crippen LogP contribution is 2.35. The molecule has 2 aromatic rings. The smallest absolute Gasteiger partial charge is 0.344 e. The van der Waals surface area contributed by atoms with Gasteiger partial charge in [-0.2, -0.15) is 10.1 Å². The Morgan fingerprint density at radius 3 is 2.44 bits per heavy atom. The van der Waals surface area contributed by atoms with E-state index in [1.807, 2.05) is 6.92 Å². The summed E-state index contributed by atoms with van der Waals surface area (Å²) >= 11 is 6.18. The van der Waals surface area contributed by atoms with Gasteiger partial charge in [-0.15, -0.1) is 0 Å². The predicted molar refractivity (Wildman–Crippen MR) is 122 cm³/mol. The normalized spacial score (nSPS) is 22.1. The Hall–Kier alpha value is -3.40. The molecule has 4 amide bonds. The van der Waals surface area contributed by atoms with Gasteiger partial charge >= 0.3 is 12.0 Å². The lowest BCUT2D eigenvalue weighted by Crippen LogP contribution is -2.52. The third kappa shape index (κ3) is 4.37. The van der Waals surface area contributed by atoms with Crippen molar-refractivity contribution in [2.24, 2.45) is 5.92 Å². The Kier molecular flexibility index (Phi) is 6.35. The molecule has 1 saturated heterocycles. The van der Waals surface area contributed by atoms with Gasteiger partial charge in [0.25, 0.3) is 11.8 Å². The third-order valence-corrected chi connectivity index (χ3v) is 6.96. The number of imide groups is 1. The van der Waals surface area contributed by atoms with Gasteiger partial charge in [-0.3, -0.25) is 15.0 Å². The Morgan fingerprint density at radius 1 is 1.21 bits per heavy atom. The molecule has 0 atom stereocenters. The molecule has 2 fully saturated rings. The number of carbonyl (C=O) groups excluding carboxylic acids is 4. The molecule has 1 aliphatic heterocycles. The number of hydrogen-bond donors (Lipinski definition) is 2. The molecular formula is C23H26ClN5O5. The first-order chi connectivity index (χ1) is 16.1. The minimum Gasteiger partial charge on any atom is -0.452 e. The van der Waals surface area contributed by atoms with Crippen LogP contribution in [0, 0.1) is 19.8 Å². The molecule has 0 radical (unpaired) electrons. The fraction of sp³-hybridized carbons (Fsp3) is 0.435. The number of nitrogens with zero attached hydrogens (tertiary/aromatic N) is 3. The van der Waals surface area contributed by atoms with E-state index in [1.54, 1.807) is 35.9 Å². The molecule has 0 bridgehead atoms. The summed E-state index contributed by atoms with van der Waals surface area (Å²) in [6, 6.07) is 5.78. The fourth-order valence-electron chi connectivity index (χ4n) is 4.30. The number of aromatic nitrogens is 2. The first-order valence-corrected chi connectivity index (χ1v) is 11.4. The lowest BCUT2D eigenvalue weighted by molar-refractivity contribution is -0.141. The van der Waals surface area contributed by atoms with E-state index in [0.29, 0.717) is 40.2 Å². The number of ether oxygens (including phenoxy) is 1. The van der Waals surface area contributed by atoms with E-state index in [0.717, 1.165) is 18.5 Å². The summed E-state index contributed by atoms with van der Waals surface area (Å²) in [7, 11) is 0. The van der Waals surface area contributed by atoms with Gasteiger partial charge in [0.1, 0.15) is 5.54 Å². The van der Waals surface area contributed by atoms with Crippen LogP contribution < -0.4 is 10.7 Å². The molecular weight excluding hydrogens is 462 g/mol. The maximum Gasteiger partial charge on any atom is 0.344 e. The van der Waals surface area contributed by atoms with E-state index >= 15 is 0 Å². The molecule has 1 saturated carbocycles. The van der Waals surface area contributed by atoms with Gasteiger partial charge < -0.3 is 10.1 Å². The highest BCUT2D eigenvalue weighted by molar-refractivity contribution is 6.31. The lowest BCUT2D eigenvalue weighted by atomic mass is 9.77. The van der Waals surface area contributed by atoms with Crippen LogP contribution in [0.5, 0.6) is 0 Å². The lowest BCUT2D eigenvalue weighted by Gasteiger charge is -2.33. The van der Waals surface area contributed by atoms with Crippen molar-refractivity contribution in [2.75, 3.05) is 6.61 Å². The van der Waals surface area contributed by atoms with Gasteiger partial charge in [-0.25, -0.2) is 14.3 Å². The monoisotopic (exact) mass is 487 g/mol. The van der Waals surface area contributed by atoms with Crippen LogP contribution in [0.25, 0.3) is 5.69 Å². The minimum atomic E-state index is -0.967. The van der Waals surface area contributed by atoms with Crippen LogP contribution in [0.4, 0.5) is 4.79 Å². The Morgan fingerprint density at radius 2 is 1.85 bits per heavy atom. The van der Waals surface area contributed by atoms with E-state index in [1.165, 1.54) is 0 Å². The van der Waals surface area contributed by atoms with Gasteiger partial charge in [0.05, 0.1) is 27.7 Å². The second-order valence-electron chi connectivity index (χ2n) is 8.89. The molecule has 1 aliphatic carbocycles. The van der Waals surface area contributed by atoms with Crippen LogP contribution in [-0.4, -0.2) is 50.7 Å². The highest BCUT2D eigenvalue weighted by atomic mass is 35.5. The second-order valence-corrected chi connectivity index (χ2v) is 9.27. The Labute approximate surface area is 201 Å². The fourth-order valence-corrected chi connectivity index (χ4v) is 4.42. The van der Waals surface area contributed by atoms with E-state index in [-0.39, 0.29) is 5.56 Å². The van der Waals surface area contributed by atoms with Crippen molar-refractivity contribution in [3.63, 3.8) is 0 Å². The standard InChI is InChI=1S/C23H26ClN5O5/c1-13-8-10-23(11-9-13)21(32)29(22(33)25-23)27-18(30)12-34-20(31)16-4-6-17(7-5-16)28-15(3)19(24)14(2)26-28/h4-7,13H,8-12H2,1-3H3,(H,25,33)(H,27,30). The Balaban J connectivity index is 1.32. The molecule has 1 aromatic carbocycles. The number of aryl methyl sites for hydroxylation is 1. The molecule has 34 heavy (non-hydrogen) atoms. The zero-order valence-electron chi connectivity index (χ0n) is 19.2. The zero-order valence-corrected chi connectivity index (χ0v) is 19.9. The number of esters is 1. The SMILES string of the molecule is Cc1nn(-c2ccc(C(=O)OCC(=O)NN3C(=O)NC4(CCC(C)CC4)C3=O)cc2)c(C)c1Cl. The zero-order chi connectivity index (χ0) is 24.6. The quantitative estimate of drug-likeness (QED) is 0.494. The van der Waals surface area contributed by atoms with Crippen LogP contribution in [0.2, 0.25) is 5.02 Å². The number of hydrazine groups is 1. The third-order valence-electron chi connectivity index (χ3n) is 6.41. The number of benzene rings is 1. The molecule has 2 N–H and O–H groups in total. The minimum absolute atomic E-state index is 0.231. The summed E-state index contributed by atoms with van der Waals surface area (Å²) in [5.41, 5.74) is 3.69. The number of urea groups is 1. The average molecular weight is 488 g/mol. The van der Waals surface area contributed by atoms with Crippen molar-refractivity contribution < 1.29 is 23.9 Å². The van der Waals surface area contributed by atoms with Crippen molar-refractivity contribution in [1.82, 2.24) is 25.5 Å². The van der Waals surface area contributed by atoms with Crippen molar-refractivity contribution in [3.8, 4) is 5.69 Å².